The summed E-state index contributed by atoms with van der Waals surface area (Å²) in [7, 11) is -2.12. The zero-order valence-electron chi connectivity index (χ0n) is 16.4. The molecule has 0 aliphatic carbocycles. The van der Waals surface area contributed by atoms with E-state index in [-0.39, 0.29) is 12.0 Å². The van der Waals surface area contributed by atoms with Gasteiger partial charge in [-0.05, 0) is 62.3 Å². The first-order valence-electron chi connectivity index (χ1n) is 9.59. The quantitative estimate of drug-likeness (QED) is 0.662. The fourth-order valence-electron chi connectivity index (χ4n) is 3.26. The number of methoxy groups -OCH3 is 1. The number of benzene rings is 2. The van der Waals surface area contributed by atoms with Crippen LogP contribution in [0.1, 0.15) is 23.2 Å². The molecule has 0 amide bonds. The molecule has 29 heavy (non-hydrogen) atoms. The SMILES string of the molecule is COC(=O)c1ccc(OCCN2CCC(NS(=O)(=O)c3ccccc3)CC2)cc1. The summed E-state index contributed by atoms with van der Waals surface area (Å²) < 4.78 is 38.1. The molecule has 1 fully saturated rings. The summed E-state index contributed by atoms with van der Waals surface area (Å²) in [5, 5.41) is 0. The molecule has 1 heterocycles. The molecular weight excluding hydrogens is 392 g/mol. The maximum atomic E-state index is 12.4. The lowest BCUT2D eigenvalue weighted by atomic mass is 10.1. The summed E-state index contributed by atoms with van der Waals surface area (Å²) in [6.07, 6.45) is 1.53. The first-order valence-corrected chi connectivity index (χ1v) is 11.1. The minimum Gasteiger partial charge on any atom is -0.492 e. The molecule has 0 spiro atoms. The summed E-state index contributed by atoms with van der Waals surface area (Å²) >= 11 is 0. The molecule has 1 aliphatic rings. The van der Waals surface area contributed by atoms with E-state index < -0.39 is 10.0 Å². The van der Waals surface area contributed by atoms with Crippen molar-refractivity contribution >= 4 is 16.0 Å². The van der Waals surface area contributed by atoms with E-state index in [1.54, 1.807) is 54.6 Å². The highest BCUT2D eigenvalue weighted by atomic mass is 32.2. The maximum Gasteiger partial charge on any atom is 0.337 e. The third kappa shape index (κ3) is 6.03. The maximum absolute atomic E-state index is 12.4. The van der Waals surface area contributed by atoms with Gasteiger partial charge >= 0.3 is 5.97 Å². The predicted octanol–water partition coefficient (Wildman–Crippen LogP) is 2.29. The van der Waals surface area contributed by atoms with Gasteiger partial charge < -0.3 is 9.47 Å². The van der Waals surface area contributed by atoms with E-state index in [4.69, 9.17) is 4.74 Å². The van der Waals surface area contributed by atoms with Crippen molar-refractivity contribution in [2.24, 2.45) is 0 Å². The molecule has 156 valence electrons. The van der Waals surface area contributed by atoms with Crippen LogP contribution < -0.4 is 9.46 Å². The second-order valence-electron chi connectivity index (χ2n) is 6.91. The van der Waals surface area contributed by atoms with Crippen LogP contribution in [0.3, 0.4) is 0 Å². The van der Waals surface area contributed by atoms with Crippen molar-refractivity contribution in [3.05, 3.63) is 60.2 Å². The van der Waals surface area contributed by atoms with Crippen LogP contribution in [0.2, 0.25) is 0 Å². The molecule has 0 saturated carbocycles. The molecule has 8 heteroatoms. The van der Waals surface area contributed by atoms with Crippen LogP contribution in [0.15, 0.2) is 59.5 Å². The van der Waals surface area contributed by atoms with Gasteiger partial charge in [-0.15, -0.1) is 0 Å². The Labute approximate surface area is 171 Å². The van der Waals surface area contributed by atoms with Crippen LogP contribution in [0, 0.1) is 0 Å². The summed E-state index contributed by atoms with van der Waals surface area (Å²) in [5.41, 5.74) is 0.486. The van der Waals surface area contributed by atoms with Crippen LogP contribution >= 0.6 is 0 Å². The first-order chi connectivity index (χ1) is 14.0. The Morgan fingerprint density at radius 1 is 1.07 bits per heavy atom. The topological polar surface area (TPSA) is 84.9 Å². The van der Waals surface area contributed by atoms with Gasteiger partial charge in [-0.1, -0.05) is 18.2 Å². The van der Waals surface area contributed by atoms with Gasteiger partial charge in [-0.3, -0.25) is 4.90 Å². The van der Waals surface area contributed by atoms with Gasteiger partial charge in [0.15, 0.2) is 0 Å². The van der Waals surface area contributed by atoms with Crippen LogP contribution in [-0.4, -0.2) is 58.7 Å². The van der Waals surface area contributed by atoms with Crippen molar-refractivity contribution in [2.45, 2.75) is 23.8 Å². The largest absolute Gasteiger partial charge is 0.492 e. The molecule has 0 atom stereocenters. The molecule has 0 aromatic heterocycles. The Morgan fingerprint density at radius 2 is 1.72 bits per heavy atom. The van der Waals surface area contributed by atoms with E-state index in [2.05, 4.69) is 14.4 Å². The number of carbonyl (C=O) groups excluding carboxylic acids is 1. The van der Waals surface area contributed by atoms with Gasteiger partial charge in [0.1, 0.15) is 12.4 Å². The summed E-state index contributed by atoms with van der Waals surface area (Å²) in [4.78, 5) is 14.0. The van der Waals surface area contributed by atoms with E-state index in [1.807, 2.05) is 0 Å². The number of hydrogen-bond donors (Lipinski definition) is 1. The average Bonchev–Trinajstić information content (AvgIpc) is 2.75. The van der Waals surface area contributed by atoms with Crippen molar-refractivity contribution in [2.75, 3.05) is 33.4 Å². The smallest absolute Gasteiger partial charge is 0.337 e. The Balaban J connectivity index is 1.39. The molecular formula is C21H26N2O5S. The number of esters is 1. The van der Waals surface area contributed by atoms with E-state index in [9.17, 15) is 13.2 Å². The van der Waals surface area contributed by atoms with Crippen LogP contribution in [-0.2, 0) is 14.8 Å². The number of ether oxygens (including phenoxy) is 2. The van der Waals surface area contributed by atoms with Crippen molar-refractivity contribution in [1.82, 2.24) is 9.62 Å². The minimum absolute atomic E-state index is 0.0526. The highest BCUT2D eigenvalue weighted by molar-refractivity contribution is 7.89. The number of carbonyl (C=O) groups is 1. The molecule has 0 bridgehead atoms. The molecule has 2 aromatic rings. The number of likely N-dealkylation sites (tertiary alicyclic amines) is 1. The summed E-state index contributed by atoms with van der Waals surface area (Å²) in [6, 6.07) is 15.2. The number of nitrogens with zero attached hydrogens (tertiary/aromatic N) is 1. The molecule has 2 aromatic carbocycles. The average molecular weight is 419 g/mol. The third-order valence-electron chi connectivity index (χ3n) is 4.91. The second kappa shape index (κ2) is 9.87. The number of hydrogen-bond acceptors (Lipinski definition) is 6. The molecule has 3 rings (SSSR count). The molecule has 1 saturated heterocycles. The van der Waals surface area contributed by atoms with E-state index in [0.717, 1.165) is 32.5 Å². The lowest BCUT2D eigenvalue weighted by Crippen LogP contribution is -2.45. The van der Waals surface area contributed by atoms with Crippen LogP contribution in [0.5, 0.6) is 5.75 Å². The molecule has 0 radical (unpaired) electrons. The zero-order valence-corrected chi connectivity index (χ0v) is 17.2. The van der Waals surface area contributed by atoms with Gasteiger partial charge in [0, 0.05) is 12.6 Å². The standard InChI is InChI=1S/C21H26N2O5S/c1-27-21(24)17-7-9-19(10-8-17)28-16-15-23-13-11-18(12-14-23)22-29(25,26)20-5-3-2-4-6-20/h2-10,18,22H,11-16H2,1H3. The molecule has 1 aliphatic heterocycles. The van der Waals surface area contributed by atoms with Crippen molar-refractivity contribution < 1.29 is 22.7 Å². The summed E-state index contributed by atoms with van der Waals surface area (Å²) in [5.74, 6) is 0.325. The fourth-order valence-corrected chi connectivity index (χ4v) is 4.59. The van der Waals surface area contributed by atoms with Crippen molar-refractivity contribution in [1.29, 1.82) is 0 Å². The second-order valence-corrected chi connectivity index (χ2v) is 8.63. The highest BCUT2D eigenvalue weighted by Gasteiger charge is 2.24. The van der Waals surface area contributed by atoms with E-state index in [0.29, 0.717) is 22.8 Å². The van der Waals surface area contributed by atoms with Gasteiger partial charge in [0.2, 0.25) is 10.0 Å². The van der Waals surface area contributed by atoms with Gasteiger partial charge in [-0.2, -0.15) is 0 Å². The molecule has 7 nitrogen and oxygen atoms in total. The van der Waals surface area contributed by atoms with Gasteiger partial charge in [0.25, 0.3) is 0 Å². The van der Waals surface area contributed by atoms with Gasteiger partial charge in [0.05, 0.1) is 17.6 Å². The summed E-state index contributed by atoms with van der Waals surface area (Å²) in [6.45, 7) is 2.91. The Hall–Kier alpha value is -2.42. The van der Waals surface area contributed by atoms with E-state index in [1.165, 1.54) is 7.11 Å². The monoisotopic (exact) mass is 418 g/mol. The van der Waals surface area contributed by atoms with Crippen molar-refractivity contribution in [3.63, 3.8) is 0 Å². The lowest BCUT2D eigenvalue weighted by Gasteiger charge is -2.32. The minimum atomic E-state index is -3.47. The van der Waals surface area contributed by atoms with Crippen molar-refractivity contribution in [3.8, 4) is 5.75 Å². The number of nitrogens with one attached hydrogen (secondary N) is 1. The normalized spacial score (nSPS) is 15.8. The lowest BCUT2D eigenvalue weighted by molar-refractivity contribution is 0.0600. The third-order valence-corrected chi connectivity index (χ3v) is 6.45. The Morgan fingerprint density at radius 3 is 2.34 bits per heavy atom. The highest BCUT2D eigenvalue weighted by Crippen LogP contribution is 2.16. The van der Waals surface area contributed by atoms with Crippen LogP contribution in [0.4, 0.5) is 0 Å². The van der Waals surface area contributed by atoms with Gasteiger partial charge in [-0.25, -0.2) is 17.9 Å². The first kappa shape index (κ1) is 21.3. The molecule has 0 unspecified atom stereocenters. The Bertz CT molecular complexity index is 892. The predicted molar refractivity (Wildman–Crippen MR) is 110 cm³/mol. The Kier molecular flexibility index (Phi) is 7.24. The van der Waals surface area contributed by atoms with Crippen LogP contribution in [0.25, 0.3) is 0 Å². The fraction of sp³-hybridized carbons (Fsp3) is 0.381. The zero-order chi connectivity index (χ0) is 20.7. The number of piperidine rings is 1. The number of sulfonamides is 1. The van der Waals surface area contributed by atoms with E-state index >= 15 is 0 Å². The molecule has 1 N–H and O–H groups in total. The number of rotatable bonds is 8.